The number of rotatable bonds is 7. The topological polar surface area (TPSA) is 106 Å². The molecule has 30 heavy (non-hydrogen) atoms. The minimum atomic E-state index is -0.680. The molecule has 3 aromatic rings. The smallest absolute Gasteiger partial charge is 0.357 e. The van der Waals surface area contributed by atoms with Crippen LogP contribution in [0.25, 0.3) is 10.9 Å². The Morgan fingerprint density at radius 1 is 1.20 bits per heavy atom. The third-order valence-electron chi connectivity index (χ3n) is 5.38. The van der Waals surface area contributed by atoms with Crippen molar-refractivity contribution in [1.29, 1.82) is 0 Å². The predicted octanol–water partition coefficient (Wildman–Crippen LogP) is 3.13. The van der Waals surface area contributed by atoms with Crippen LogP contribution in [0.2, 0.25) is 0 Å². The number of benzene rings is 1. The zero-order chi connectivity index (χ0) is 21.3. The van der Waals surface area contributed by atoms with Gasteiger partial charge >= 0.3 is 11.9 Å². The second kappa shape index (κ2) is 8.14. The number of hydrogen-bond acceptors (Lipinski definition) is 7. The lowest BCUT2D eigenvalue weighted by Crippen LogP contribution is -2.34. The van der Waals surface area contributed by atoms with Crippen LogP contribution < -0.4 is 5.32 Å². The van der Waals surface area contributed by atoms with E-state index in [1.807, 2.05) is 30.5 Å². The van der Waals surface area contributed by atoms with Crippen molar-refractivity contribution in [2.45, 2.75) is 38.1 Å². The number of H-pyrrole nitrogens is 1. The summed E-state index contributed by atoms with van der Waals surface area (Å²) in [6.07, 6.45) is 4.26. The summed E-state index contributed by atoms with van der Waals surface area (Å²) in [4.78, 5) is 37.0. The van der Waals surface area contributed by atoms with Gasteiger partial charge < -0.3 is 19.8 Å². The maximum atomic E-state index is 12.6. The van der Waals surface area contributed by atoms with Gasteiger partial charge in [-0.05, 0) is 31.4 Å². The molecule has 0 aliphatic heterocycles. The molecule has 1 saturated carbocycles. The maximum absolute atomic E-state index is 12.6. The minimum Gasteiger partial charge on any atom is -0.467 e. The van der Waals surface area contributed by atoms with E-state index in [-0.39, 0.29) is 11.6 Å². The van der Waals surface area contributed by atoms with Crippen molar-refractivity contribution in [2.24, 2.45) is 0 Å². The number of carbonyl (C=O) groups excluding carboxylic acids is 2. The van der Waals surface area contributed by atoms with Crippen molar-refractivity contribution in [3.8, 4) is 0 Å². The Bertz CT molecular complexity index is 1100. The van der Waals surface area contributed by atoms with Crippen LogP contribution in [0.1, 0.15) is 46.2 Å². The SMILES string of the molecule is COC(=O)c1nc(C2CC2)nc(NC(Cc2c[nH]c3ccccc23)C(=O)OC)c1C. The van der Waals surface area contributed by atoms with Crippen molar-refractivity contribution in [3.63, 3.8) is 0 Å². The van der Waals surface area contributed by atoms with E-state index in [4.69, 9.17) is 9.47 Å². The van der Waals surface area contributed by atoms with Gasteiger partial charge in [-0.3, -0.25) is 0 Å². The third kappa shape index (κ3) is 3.85. The summed E-state index contributed by atoms with van der Waals surface area (Å²) in [7, 11) is 2.68. The number of aromatic amines is 1. The molecule has 2 heterocycles. The standard InChI is InChI=1S/C22H24N4O4/c1-12-18(22(28)30-3)25-20(13-8-9-13)26-19(12)24-17(21(27)29-2)10-14-11-23-16-7-5-4-6-15(14)16/h4-7,11,13,17,23H,8-10H2,1-3H3,(H,24,25,26). The lowest BCUT2D eigenvalue weighted by atomic mass is 10.0. The van der Waals surface area contributed by atoms with Crippen molar-refractivity contribution >= 4 is 28.7 Å². The molecule has 0 radical (unpaired) electrons. The molecule has 2 N–H and O–H groups in total. The van der Waals surface area contributed by atoms with Gasteiger partial charge in [-0.2, -0.15) is 0 Å². The van der Waals surface area contributed by atoms with Gasteiger partial charge in [0.05, 0.1) is 14.2 Å². The zero-order valence-corrected chi connectivity index (χ0v) is 17.2. The summed E-state index contributed by atoms with van der Waals surface area (Å²) in [5.74, 6) is 0.346. The maximum Gasteiger partial charge on any atom is 0.357 e. The fourth-order valence-electron chi connectivity index (χ4n) is 3.51. The van der Waals surface area contributed by atoms with Gasteiger partial charge in [-0.1, -0.05) is 18.2 Å². The number of nitrogens with one attached hydrogen (secondary N) is 2. The summed E-state index contributed by atoms with van der Waals surface area (Å²) in [6, 6.07) is 7.22. The molecule has 1 fully saturated rings. The molecule has 8 heteroatoms. The van der Waals surface area contributed by atoms with Crippen LogP contribution in [0.3, 0.4) is 0 Å². The number of esters is 2. The number of anilines is 1. The number of ether oxygens (including phenoxy) is 2. The normalized spacial score (nSPS) is 14.4. The van der Waals surface area contributed by atoms with Crippen molar-refractivity contribution < 1.29 is 19.1 Å². The van der Waals surface area contributed by atoms with Crippen LogP contribution in [0.4, 0.5) is 5.82 Å². The second-order valence-electron chi connectivity index (χ2n) is 7.45. The van der Waals surface area contributed by atoms with Crippen molar-refractivity contribution in [2.75, 3.05) is 19.5 Å². The first-order chi connectivity index (χ1) is 14.5. The number of para-hydroxylation sites is 1. The average Bonchev–Trinajstić information content (AvgIpc) is 3.54. The minimum absolute atomic E-state index is 0.215. The van der Waals surface area contributed by atoms with Crippen LogP contribution in [0.5, 0.6) is 0 Å². The first-order valence-electron chi connectivity index (χ1n) is 9.88. The molecule has 1 unspecified atom stereocenters. The molecule has 2 aromatic heterocycles. The number of hydrogen-bond donors (Lipinski definition) is 2. The summed E-state index contributed by atoms with van der Waals surface area (Å²) in [6.45, 7) is 1.74. The lowest BCUT2D eigenvalue weighted by molar-refractivity contribution is -0.141. The predicted molar refractivity (Wildman–Crippen MR) is 112 cm³/mol. The molecule has 0 amide bonds. The number of methoxy groups -OCH3 is 2. The third-order valence-corrected chi connectivity index (χ3v) is 5.38. The molecule has 0 saturated heterocycles. The van der Waals surface area contributed by atoms with Gasteiger partial charge in [0, 0.05) is 35.0 Å². The highest BCUT2D eigenvalue weighted by atomic mass is 16.5. The van der Waals surface area contributed by atoms with Crippen LogP contribution in [-0.2, 0) is 20.7 Å². The highest BCUT2D eigenvalue weighted by Gasteiger charge is 2.31. The largest absolute Gasteiger partial charge is 0.467 e. The fraction of sp³-hybridized carbons (Fsp3) is 0.364. The molecule has 1 aliphatic carbocycles. The van der Waals surface area contributed by atoms with Crippen LogP contribution in [0, 0.1) is 6.92 Å². The van der Waals surface area contributed by atoms with E-state index in [0.29, 0.717) is 23.6 Å². The molecule has 156 valence electrons. The van der Waals surface area contributed by atoms with E-state index >= 15 is 0 Å². The molecule has 0 spiro atoms. The molecule has 1 atom stereocenters. The Morgan fingerprint density at radius 3 is 2.67 bits per heavy atom. The Labute approximate surface area is 174 Å². The average molecular weight is 408 g/mol. The second-order valence-corrected chi connectivity index (χ2v) is 7.45. The number of carbonyl (C=O) groups is 2. The Morgan fingerprint density at radius 2 is 1.97 bits per heavy atom. The Balaban J connectivity index is 1.68. The van der Waals surface area contributed by atoms with Gasteiger partial charge in [0.25, 0.3) is 0 Å². The zero-order valence-electron chi connectivity index (χ0n) is 17.2. The number of nitrogens with zero attached hydrogens (tertiary/aromatic N) is 2. The quantitative estimate of drug-likeness (QED) is 0.579. The van der Waals surface area contributed by atoms with Crippen LogP contribution >= 0.6 is 0 Å². The number of fused-ring (bicyclic) bond motifs is 1. The van der Waals surface area contributed by atoms with Gasteiger partial charge in [0.15, 0.2) is 5.69 Å². The molecular formula is C22H24N4O4. The fourth-order valence-corrected chi connectivity index (χ4v) is 3.51. The summed E-state index contributed by atoms with van der Waals surface area (Å²) in [5, 5.41) is 4.24. The molecule has 0 bridgehead atoms. The van der Waals surface area contributed by atoms with Crippen LogP contribution in [-0.4, -0.2) is 47.2 Å². The van der Waals surface area contributed by atoms with E-state index in [9.17, 15) is 9.59 Å². The highest BCUT2D eigenvalue weighted by molar-refractivity contribution is 5.91. The van der Waals surface area contributed by atoms with Crippen molar-refractivity contribution in [3.05, 3.63) is 53.1 Å². The van der Waals surface area contributed by atoms with Gasteiger partial charge in [-0.25, -0.2) is 19.6 Å². The first-order valence-corrected chi connectivity index (χ1v) is 9.88. The lowest BCUT2D eigenvalue weighted by Gasteiger charge is -2.19. The van der Waals surface area contributed by atoms with E-state index < -0.39 is 18.0 Å². The molecule has 1 aliphatic rings. The monoisotopic (exact) mass is 408 g/mol. The summed E-state index contributed by atoms with van der Waals surface area (Å²) < 4.78 is 9.91. The Hall–Kier alpha value is -3.42. The van der Waals surface area contributed by atoms with E-state index in [0.717, 1.165) is 29.3 Å². The van der Waals surface area contributed by atoms with E-state index in [1.54, 1.807) is 6.92 Å². The number of aromatic nitrogens is 3. The molecule has 8 nitrogen and oxygen atoms in total. The van der Waals surface area contributed by atoms with Crippen LogP contribution in [0.15, 0.2) is 30.5 Å². The van der Waals surface area contributed by atoms with Gasteiger partial charge in [0.2, 0.25) is 0 Å². The van der Waals surface area contributed by atoms with E-state index in [1.165, 1.54) is 14.2 Å². The summed E-state index contributed by atoms with van der Waals surface area (Å²) >= 11 is 0. The highest BCUT2D eigenvalue weighted by Crippen LogP contribution is 2.39. The molecule has 4 rings (SSSR count). The van der Waals surface area contributed by atoms with Crippen molar-refractivity contribution in [1.82, 2.24) is 15.0 Å². The summed E-state index contributed by atoms with van der Waals surface area (Å²) in [5.41, 5.74) is 2.74. The van der Waals surface area contributed by atoms with E-state index in [2.05, 4.69) is 20.3 Å². The first kappa shape index (κ1) is 19.9. The molecular weight excluding hydrogens is 384 g/mol. The van der Waals surface area contributed by atoms with Gasteiger partial charge in [0.1, 0.15) is 17.7 Å². The molecule has 1 aromatic carbocycles. The Kier molecular flexibility index (Phi) is 5.39. The van der Waals surface area contributed by atoms with Gasteiger partial charge in [-0.15, -0.1) is 0 Å².